The fraction of sp³-hybridized carbons (Fsp3) is 0.100. The molecular weight excluding hydrogens is 316 g/mol. The van der Waals surface area contributed by atoms with Gasteiger partial charge in [-0.15, -0.1) is 0 Å². The summed E-state index contributed by atoms with van der Waals surface area (Å²) in [7, 11) is 0. The van der Waals surface area contributed by atoms with Crippen LogP contribution in [0.25, 0.3) is 17.3 Å². The minimum absolute atomic E-state index is 0.137. The van der Waals surface area contributed by atoms with Gasteiger partial charge in [-0.2, -0.15) is 5.10 Å². The van der Waals surface area contributed by atoms with Crippen LogP contribution in [-0.2, 0) is 6.54 Å². The molecule has 0 spiro atoms. The highest BCUT2D eigenvalue weighted by Gasteiger charge is 2.14. The second kappa shape index (κ2) is 6.65. The Morgan fingerprint density at radius 1 is 1.00 bits per heavy atom. The van der Waals surface area contributed by atoms with E-state index in [0.29, 0.717) is 18.0 Å². The van der Waals surface area contributed by atoms with Crippen LogP contribution in [0.3, 0.4) is 0 Å². The van der Waals surface area contributed by atoms with E-state index in [2.05, 4.69) is 5.10 Å². The molecule has 0 saturated heterocycles. The summed E-state index contributed by atoms with van der Waals surface area (Å²) in [4.78, 5) is 12.1. The van der Waals surface area contributed by atoms with Gasteiger partial charge in [0.05, 0.1) is 12.2 Å². The van der Waals surface area contributed by atoms with Crippen molar-refractivity contribution in [3.8, 4) is 22.8 Å². The zero-order chi connectivity index (χ0) is 17.1. The van der Waals surface area contributed by atoms with Crippen LogP contribution in [0.4, 0.5) is 0 Å². The van der Waals surface area contributed by atoms with E-state index < -0.39 is 0 Å². The molecular formula is C20H16N2O3. The maximum absolute atomic E-state index is 12.1. The molecule has 2 aromatic carbocycles. The van der Waals surface area contributed by atoms with Crippen molar-refractivity contribution in [2.24, 2.45) is 0 Å². The summed E-state index contributed by atoms with van der Waals surface area (Å²) in [5.74, 6) is 1.42. The van der Waals surface area contributed by atoms with Crippen molar-refractivity contribution in [1.82, 2.24) is 9.78 Å². The number of benzene rings is 2. The van der Waals surface area contributed by atoms with Gasteiger partial charge in [-0.1, -0.05) is 42.5 Å². The van der Waals surface area contributed by atoms with E-state index in [1.807, 2.05) is 60.7 Å². The van der Waals surface area contributed by atoms with Crippen molar-refractivity contribution in [1.29, 1.82) is 0 Å². The molecule has 2 heterocycles. The maximum Gasteiger partial charge on any atom is 0.267 e. The zero-order valence-electron chi connectivity index (χ0n) is 13.5. The molecule has 0 aliphatic carbocycles. The Morgan fingerprint density at radius 2 is 1.84 bits per heavy atom. The molecule has 0 fully saturated rings. The molecule has 1 aliphatic heterocycles. The number of hydrogen-bond donors (Lipinski definition) is 0. The normalized spacial score (nSPS) is 12.6. The summed E-state index contributed by atoms with van der Waals surface area (Å²) in [6.07, 6.45) is 3.90. The van der Waals surface area contributed by atoms with E-state index in [0.717, 1.165) is 16.9 Å². The second-order valence-electron chi connectivity index (χ2n) is 5.62. The first kappa shape index (κ1) is 15.2. The predicted molar refractivity (Wildman–Crippen MR) is 95.5 cm³/mol. The van der Waals surface area contributed by atoms with Crippen LogP contribution in [0.15, 0.2) is 71.5 Å². The summed E-state index contributed by atoms with van der Waals surface area (Å²) in [6, 6.07) is 18.8. The Hall–Kier alpha value is -3.34. The van der Waals surface area contributed by atoms with Crippen LogP contribution in [-0.4, -0.2) is 16.6 Å². The summed E-state index contributed by atoms with van der Waals surface area (Å²) in [5, 5.41) is 4.46. The van der Waals surface area contributed by atoms with Crippen LogP contribution in [0.1, 0.15) is 5.56 Å². The summed E-state index contributed by atoms with van der Waals surface area (Å²) < 4.78 is 12.2. The van der Waals surface area contributed by atoms with E-state index >= 15 is 0 Å². The molecule has 0 saturated carbocycles. The molecule has 5 nitrogen and oxygen atoms in total. The number of nitrogens with zero attached hydrogens (tertiary/aromatic N) is 2. The molecule has 0 radical (unpaired) electrons. The molecule has 0 N–H and O–H groups in total. The van der Waals surface area contributed by atoms with Crippen molar-refractivity contribution < 1.29 is 9.47 Å². The zero-order valence-corrected chi connectivity index (χ0v) is 13.5. The molecule has 25 heavy (non-hydrogen) atoms. The molecule has 0 bridgehead atoms. The predicted octanol–water partition coefficient (Wildman–Crippen LogP) is 3.35. The molecule has 0 amide bonds. The third-order valence-electron chi connectivity index (χ3n) is 3.92. The Kier molecular flexibility index (Phi) is 4.04. The minimum Gasteiger partial charge on any atom is -0.454 e. The number of aromatic nitrogens is 2. The lowest BCUT2D eigenvalue weighted by molar-refractivity contribution is 0.174. The average Bonchev–Trinajstić information content (AvgIpc) is 3.12. The van der Waals surface area contributed by atoms with Gasteiger partial charge in [0.2, 0.25) is 6.79 Å². The van der Waals surface area contributed by atoms with Crippen LogP contribution in [0.2, 0.25) is 0 Å². The largest absolute Gasteiger partial charge is 0.454 e. The van der Waals surface area contributed by atoms with Crippen molar-refractivity contribution in [2.75, 3.05) is 6.79 Å². The molecule has 0 unspecified atom stereocenters. The topological polar surface area (TPSA) is 53.4 Å². The fourth-order valence-corrected chi connectivity index (χ4v) is 2.64. The summed E-state index contributed by atoms with van der Waals surface area (Å²) >= 11 is 0. The standard InChI is InChI=1S/C20H16N2O3/c23-20-11-9-17(16-8-10-18-19(13-16)25-14-24-18)21-22(20)12-4-7-15-5-2-1-3-6-15/h1-11,13H,12,14H2/b7-4+. The second-order valence-corrected chi connectivity index (χ2v) is 5.62. The Labute approximate surface area is 144 Å². The van der Waals surface area contributed by atoms with E-state index in [-0.39, 0.29) is 12.4 Å². The van der Waals surface area contributed by atoms with Gasteiger partial charge in [-0.3, -0.25) is 4.79 Å². The van der Waals surface area contributed by atoms with Crippen molar-refractivity contribution in [2.45, 2.75) is 6.54 Å². The third-order valence-corrected chi connectivity index (χ3v) is 3.92. The lowest BCUT2D eigenvalue weighted by Crippen LogP contribution is -2.21. The van der Waals surface area contributed by atoms with Crippen LogP contribution in [0, 0.1) is 0 Å². The first-order valence-electron chi connectivity index (χ1n) is 7.99. The Bertz CT molecular complexity index is 978. The van der Waals surface area contributed by atoms with Gasteiger partial charge in [-0.25, -0.2) is 4.68 Å². The summed E-state index contributed by atoms with van der Waals surface area (Å²) in [6.45, 7) is 0.641. The van der Waals surface area contributed by atoms with Gasteiger partial charge in [0, 0.05) is 11.6 Å². The SMILES string of the molecule is O=c1ccc(-c2ccc3c(c2)OCO3)nn1C/C=C/c1ccccc1. The fourth-order valence-electron chi connectivity index (χ4n) is 2.64. The lowest BCUT2D eigenvalue weighted by Gasteiger charge is -2.06. The first-order valence-corrected chi connectivity index (χ1v) is 7.99. The highest BCUT2D eigenvalue weighted by molar-refractivity contribution is 5.63. The number of fused-ring (bicyclic) bond motifs is 1. The molecule has 1 aliphatic rings. The molecule has 124 valence electrons. The van der Waals surface area contributed by atoms with Crippen LogP contribution >= 0.6 is 0 Å². The molecule has 5 heteroatoms. The van der Waals surface area contributed by atoms with Crippen LogP contribution in [0.5, 0.6) is 11.5 Å². The number of rotatable bonds is 4. The average molecular weight is 332 g/mol. The monoisotopic (exact) mass is 332 g/mol. The van der Waals surface area contributed by atoms with E-state index in [4.69, 9.17) is 9.47 Å². The lowest BCUT2D eigenvalue weighted by atomic mass is 10.1. The van der Waals surface area contributed by atoms with Gasteiger partial charge < -0.3 is 9.47 Å². The third kappa shape index (κ3) is 3.30. The molecule has 1 aromatic heterocycles. The first-order chi connectivity index (χ1) is 12.3. The Balaban J connectivity index is 1.58. The molecule has 0 atom stereocenters. The molecule has 4 rings (SSSR count). The number of hydrogen-bond acceptors (Lipinski definition) is 4. The highest BCUT2D eigenvalue weighted by Crippen LogP contribution is 2.35. The van der Waals surface area contributed by atoms with Crippen molar-refractivity contribution in [3.05, 3.63) is 82.7 Å². The van der Waals surface area contributed by atoms with Gasteiger partial charge in [0.1, 0.15) is 0 Å². The van der Waals surface area contributed by atoms with Gasteiger partial charge in [0.25, 0.3) is 5.56 Å². The highest BCUT2D eigenvalue weighted by atomic mass is 16.7. The smallest absolute Gasteiger partial charge is 0.267 e. The van der Waals surface area contributed by atoms with Gasteiger partial charge in [-0.05, 0) is 29.8 Å². The van der Waals surface area contributed by atoms with Crippen molar-refractivity contribution >= 4 is 6.08 Å². The van der Waals surface area contributed by atoms with E-state index in [9.17, 15) is 4.79 Å². The van der Waals surface area contributed by atoms with Crippen LogP contribution < -0.4 is 15.0 Å². The molecule has 3 aromatic rings. The summed E-state index contributed by atoms with van der Waals surface area (Å²) in [5.41, 5.74) is 2.54. The van der Waals surface area contributed by atoms with Gasteiger partial charge in [0.15, 0.2) is 11.5 Å². The quantitative estimate of drug-likeness (QED) is 0.735. The van der Waals surface area contributed by atoms with E-state index in [1.54, 1.807) is 6.07 Å². The number of ether oxygens (including phenoxy) is 2. The maximum atomic E-state index is 12.1. The number of allylic oxidation sites excluding steroid dienone is 1. The Morgan fingerprint density at radius 3 is 2.72 bits per heavy atom. The van der Waals surface area contributed by atoms with Crippen molar-refractivity contribution in [3.63, 3.8) is 0 Å². The van der Waals surface area contributed by atoms with E-state index in [1.165, 1.54) is 10.7 Å². The van der Waals surface area contributed by atoms with Gasteiger partial charge >= 0.3 is 0 Å². The minimum atomic E-state index is -0.137.